The molecule has 0 aromatic carbocycles. The summed E-state index contributed by atoms with van der Waals surface area (Å²) >= 11 is 0. The number of aromatic nitrogens is 5. The summed E-state index contributed by atoms with van der Waals surface area (Å²) in [6, 6.07) is 3.06. The molecule has 1 saturated heterocycles. The molecular weight excluding hydrogens is 320 g/mol. The molecule has 0 N–H and O–H groups in total. The van der Waals surface area contributed by atoms with Crippen molar-refractivity contribution in [3.8, 4) is 0 Å². The summed E-state index contributed by atoms with van der Waals surface area (Å²) < 4.78 is 3.28. The van der Waals surface area contributed by atoms with Gasteiger partial charge in [0.05, 0.1) is 6.04 Å². The molecule has 3 heterocycles. The van der Waals surface area contributed by atoms with E-state index in [0.717, 1.165) is 30.9 Å². The van der Waals surface area contributed by atoms with E-state index in [-0.39, 0.29) is 17.5 Å². The van der Waals surface area contributed by atoms with Crippen LogP contribution in [0.2, 0.25) is 0 Å². The molecule has 8 heteroatoms. The maximum Gasteiger partial charge on any atom is 0.274 e. The van der Waals surface area contributed by atoms with Gasteiger partial charge in [0.15, 0.2) is 0 Å². The zero-order chi connectivity index (χ0) is 18.0. The SMILES string of the molecule is CCCn1nc(C(=O)N2CCC[C@H](n3nc(C)nc3C)C2)ccc1=O. The van der Waals surface area contributed by atoms with Gasteiger partial charge in [-0.05, 0) is 39.2 Å². The van der Waals surface area contributed by atoms with E-state index in [1.807, 2.05) is 25.5 Å². The summed E-state index contributed by atoms with van der Waals surface area (Å²) in [5.74, 6) is 1.48. The predicted octanol–water partition coefficient (Wildman–Crippen LogP) is 1.34. The highest BCUT2D eigenvalue weighted by atomic mass is 16.2. The van der Waals surface area contributed by atoms with Crippen molar-refractivity contribution in [3.63, 3.8) is 0 Å². The van der Waals surface area contributed by atoms with Gasteiger partial charge in [0.25, 0.3) is 11.5 Å². The standard InChI is InChI=1S/C17H24N6O2/c1-4-9-22-16(24)8-7-15(20-22)17(25)21-10-5-6-14(11-21)23-13(3)18-12(2)19-23/h7-8,14H,4-6,9-11H2,1-3H3/t14-/m0/s1. The van der Waals surface area contributed by atoms with Crippen LogP contribution in [0.5, 0.6) is 0 Å². The summed E-state index contributed by atoms with van der Waals surface area (Å²) in [5.41, 5.74) is 0.142. The number of carbonyl (C=O) groups is 1. The first-order valence-electron chi connectivity index (χ1n) is 8.76. The summed E-state index contributed by atoms with van der Waals surface area (Å²) in [7, 11) is 0. The molecule has 1 aliphatic rings. The average Bonchev–Trinajstić information content (AvgIpc) is 2.95. The number of aryl methyl sites for hydroxylation is 3. The second-order valence-electron chi connectivity index (χ2n) is 6.48. The van der Waals surface area contributed by atoms with Crippen LogP contribution in [0.3, 0.4) is 0 Å². The minimum absolute atomic E-state index is 0.125. The minimum atomic E-state index is -0.177. The lowest BCUT2D eigenvalue weighted by atomic mass is 10.1. The van der Waals surface area contributed by atoms with Crippen molar-refractivity contribution < 1.29 is 4.79 Å². The van der Waals surface area contributed by atoms with Crippen LogP contribution in [0.25, 0.3) is 0 Å². The molecule has 8 nitrogen and oxygen atoms in total. The molecule has 2 aromatic rings. The molecule has 2 aromatic heterocycles. The van der Waals surface area contributed by atoms with Gasteiger partial charge in [-0.15, -0.1) is 0 Å². The molecule has 0 saturated carbocycles. The zero-order valence-electron chi connectivity index (χ0n) is 15.0. The van der Waals surface area contributed by atoms with Gasteiger partial charge in [-0.25, -0.2) is 14.3 Å². The Balaban J connectivity index is 1.79. The molecule has 0 spiro atoms. The quantitative estimate of drug-likeness (QED) is 0.835. The van der Waals surface area contributed by atoms with E-state index in [9.17, 15) is 9.59 Å². The Kier molecular flexibility index (Phi) is 4.96. The molecular formula is C17H24N6O2. The van der Waals surface area contributed by atoms with Gasteiger partial charge in [-0.1, -0.05) is 6.92 Å². The zero-order valence-corrected chi connectivity index (χ0v) is 15.0. The van der Waals surface area contributed by atoms with Crippen LogP contribution in [0.1, 0.15) is 54.4 Å². The third-order valence-electron chi connectivity index (χ3n) is 4.46. The van der Waals surface area contributed by atoms with E-state index >= 15 is 0 Å². The Labute approximate surface area is 146 Å². The van der Waals surface area contributed by atoms with Crippen LogP contribution >= 0.6 is 0 Å². The monoisotopic (exact) mass is 344 g/mol. The highest BCUT2D eigenvalue weighted by Crippen LogP contribution is 2.23. The Hall–Kier alpha value is -2.51. The molecule has 0 aliphatic carbocycles. The van der Waals surface area contributed by atoms with Crippen LogP contribution in [-0.2, 0) is 6.54 Å². The Morgan fingerprint density at radius 1 is 1.28 bits per heavy atom. The number of hydrogen-bond acceptors (Lipinski definition) is 5. The van der Waals surface area contributed by atoms with Gasteiger partial charge in [0.2, 0.25) is 0 Å². The van der Waals surface area contributed by atoms with Crippen molar-refractivity contribution in [1.29, 1.82) is 0 Å². The number of piperidine rings is 1. The van der Waals surface area contributed by atoms with Crippen molar-refractivity contribution in [2.45, 2.75) is 52.6 Å². The summed E-state index contributed by atoms with van der Waals surface area (Å²) in [5, 5.41) is 8.69. The minimum Gasteiger partial charge on any atom is -0.335 e. The van der Waals surface area contributed by atoms with Gasteiger partial charge in [0, 0.05) is 25.7 Å². The normalized spacial score (nSPS) is 17.7. The van der Waals surface area contributed by atoms with Crippen molar-refractivity contribution in [1.82, 2.24) is 29.4 Å². The van der Waals surface area contributed by atoms with Crippen molar-refractivity contribution in [2.24, 2.45) is 0 Å². The fourth-order valence-corrected chi connectivity index (χ4v) is 3.32. The van der Waals surface area contributed by atoms with Crippen LogP contribution < -0.4 is 5.56 Å². The van der Waals surface area contributed by atoms with Crippen LogP contribution in [-0.4, -0.2) is 48.4 Å². The molecule has 1 atom stereocenters. The first-order valence-corrected chi connectivity index (χ1v) is 8.76. The van der Waals surface area contributed by atoms with E-state index < -0.39 is 0 Å². The van der Waals surface area contributed by atoms with Gasteiger partial charge >= 0.3 is 0 Å². The number of nitrogens with zero attached hydrogens (tertiary/aromatic N) is 6. The summed E-state index contributed by atoms with van der Waals surface area (Å²) in [6.07, 6.45) is 2.67. The number of hydrogen-bond donors (Lipinski definition) is 0. The molecule has 3 rings (SSSR count). The van der Waals surface area contributed by atoms with Gasteiger partial charge in [-0.2, -0.15) is 10.2 Å². The predicted molar refractivity (Wildman–Crippen MR) is 92.5 cm³/mol. The second kappa shape index (κ2) is 7.16. The van der Waals surface area contributed by atoms with Crippen LogP contribution in [0.15, 0.2) is 16.9 Å². The van der Waals surface area contributed by atoms with Crippen molar-refractivity contribution in [3.05, 3.63) is 39.8 Å². The van der Waals surface area contributed by atoms with Gasteiger partial charge < -0.3 is 4.90 Å². The van der Waals surface area contributed by atoms with Crippen molar-refractivity contribution in [2.75, 3.05) is 13.1 Å². The number of likely N-dealkylation sites (tertiary alicyclic amines) is 1. The van der Waals surface area contributed by atoms with E-state index in [4.69, 9.17) is 0 Å². The lowest BCUT2D eigenvalue weighted by molar-refractivity contribution is 0.0662. The molecule has 1 fully saturated rings. The average molecular weight is 344 g/mol. The third-order valence-corrected chi connectivity index (χ3v) is 4.46. The molecule has 1 amide bonds. The molecule has 0 unspecified atom stereocenters. The molecule has 1 aliphatic heterocycles. The lowest BCUT2D eigenvalue weighted by Crippen LogP contribution is -2.42. The Morgan fingerprint density at radius 3 is 2.76 bits per heavy atom. The van der Waals surface area contributed by atoms with E-state index in [1.165, 1.54) is 16.8 Å². The molecule has 134 valence electrons. The maximum absolute atomic E-state index is 12.8. The van der Waals surface area contributed by atoms with Crippen LogP contribution in [0.4, 0.5) is 0 Å². The van der Waals surface area contributed by atoms with Gasteiger partial charge in [-0.3, -0.25) is 9.59 Å². The van der Waals surface area contributed by atoms with E-state index in [1.54, 1.807) is 4.90 Å². The first kappa shape index (κ1) is 17.3. The maximum atomic E-state index is 12.8. The highest BCUT2D eigenvalue weighted by Gasteiger charge is 2.28. The smallest absolute Gasteiger partial charge is 0.274 e. The van der Waals surface area contributed by atoms with Crippen molar-refractivity contribution >= 4 is 5.91 Å². The van der Waals surface area contributed by atoms with E-state index in [2.05, 4.69) is 15.2 Å². The number of rotatable bonds is 4. The fourth-order valence-electron chi connectivity index (χ4n) is 3.32. The second-order valence-corrected chi connectivity index (χ2v) is 6.48. The van der Waals surface area contributed by atoms with Crippen LogP contribution in [0, 0.1) is 13.8 Å². The summed E-state index contributed by atoms with van der Waals surface area (Å²) in [6.45, 7) is 7.56. The molecule has 25 heavy (non-hydrogen) atoms. The fraction of sp³-hybridized carbons (Fsp3) is 0.588. The Bertz CT molecular complexity index is 825. The molecule has 0 radical (unpaired) electrons. The van der Waals surface area contributed by atoms with Gasteiger partial charge in [0.1, 0.15) is 17.3 Å². The largest absolute Gasteiger partial charge is 0.335 e. The number of carbonyl (C=O) groups excluding carboxylic acids is 1. The third kappa shape index (κ3) is 3.62. The Morgan fingerprint density at radius 2 is 2.08 bits per heavy atom. The molecule has 0 bridgehead atoms. The highest BCUT2D eigenvalue weighted by molar-refractivity contribution is 5.92. The first-order chi connectivity index (χ1) is 12.0. The summed E-state index contributed by atoms with van der Waals surface area (Å²) in [4.78, 5) is 30.8. The van der Waals surface area contributed by atoms with E-state index in [0.29, 0.717) is 25.3 Å². The lowest BCUT2D eigenvalue weighted by Gasteiger charge is -2.32. The topological polar surface area (TPSA) is 85.9 Å². The number of amides is 1.